The third-order valence-corrected chi connectivity index (χ3v) is 5.24. The van der Waals surface area contributed by atoms with E-state index >= 15 is 0 Å². The Morgan fingerprint density at radius 2 is 1.93 bits per heavy atom. The molecule has 1 heterocycles. The minimum absolute atomic E-state index is 0.149. The second kappa shape index (κ2) is 9.11. The Morgan fingerprint density at radius 3 is 2.57 bits per heavy atom. The number of ether oxygens (including phenoxy) is 1. The van der Waals surface area contributed by atoms with Crippen molar-refractivity contribution in [2.45, 2.75) is 39.9 Å². The number of nitrogens with zero attached hydrogens (tertiary/aromatic N) is 4. The largest absolute Gasteiger partial charge is 0.494 e. The van der Waals surface area contributed by atoms with Crippen LogP contribution >= 0.6 is 12.2 Å². The molecular weight excluding hydrogens is 368 g/mol. The van der Waals surface area contributed by atoms with Crippen molar-refractivity contribution in [1.82, 2.24) is 14.5 Å². The number of aromatic nitrogens is 2. The first-order chi connectivity index (χ1) is 13.6. The number of imidazole rings is 1. The zero-order valence-electron chi connectivity index (χ0n) is 16.8. The molecule has 0 saturated carbocycles. The summed E-state index contributed by atoms with van der Waals surface area (Å²) < 4.78 is 7.77. The van der Waals surface area contributed by atoms with Crippen molar-refractivity contribution in [3.63, 3.8) is 0 Å². The van der Waals surface area contributed by atoms with E-state index in [9.17, 15) is 0 Å². The predicted octanol–water partition coefficient (Wildman–Crippen LogP) is 5.77. The molecule has 0 aliphatic rings. The van der Waals surface area contributed by atoms with E-state index in [4.69, 9.17) is 17.0 Å². The van der Waals surface area contributed by atoms with E-state index < -0.39 is 0 Å². The van der Waals surface area contributed by atoms with Crippen LogP contribution in [0, 0.1) is 0 Å². The first-order valence-corrected chi connectivity index (χ1v) is 10.0. The standard InChI is InChI=1S/C22H26N4OS/c1-5-25(16(3)18-7-10-20(11-8-18)27-6-2)17(4)26-14-23-21-13-19(24-15-28)9-12-22(21)26/h7-14,16-17H,5-6H2,1-4H3. The maximum atomic E-state index is 5.56. The Hall–Kier alpha value is -2.53. The maximum Gasteiger partial charge on any atom is 0.119 e. The van der Waals surface area contributed by atoms with Crippen molar-refractivity contribution in [3.05, 3.63) is 54.4 Å². The molecule has 1 aromatic heterocycles. The topological polar surface area (TPSA) is 42.6 Å². The summed E-state index contributed by atoms with van der Waals surface area (Å²) in [4.78, 5) is 11.1. The van der Waals surface area contributed by atoms with Crippen LogP contribution in [0.4, 0.5) is 5.69 Å². The first-order valence-electron chi connectivity index (χ1n) is 9.62. The second-order valence-electron chi connectivity index (χ2n) is 6.67. The lowest BCUT2D eigenvalue weighted by Gasteiger charge is -2.35. The summed E-state index contributed by atoms with van der Waals surface area (Å²) in [5.74, 6) is 0.907. The number of aliphatic imine (C=N–C) groups is 1. The lowest BCUT2D eigenvalue weighted by Crippen LogP contribution is -2.33. The fourth-order valence-electron chi connectivity index (χ4n) is 3.66. The molecular formula is C22H26N4OS. The highest BCUT2D eigenvalue weighted by atomic mass is 32.1. The van der Waals surface area contributed by atoms with Crippen molar-refractivity contribution < 1.29 is 4.74 Å². The summed E-state index contributed by atoms with van der Waals surface area (Å²) in [5, 5.41) is 2.41. The van der Waals surface area contributed by atoms with Crippen molar-refractivity contribution >= 4 is 34.1 Å². The third kappa shape index (κ3) is 4.14. The van der Waals surface area contributed by atoms with Crippen LogP contribution in [0.15, 0.2) is 53.8 Å². The van der Waals surface area contributed by atoms with Crippen LogP contribution in [-0.2, 0) is 0 Å². The van der Waals surface area contributed by atoms with E-state index in [0.29, 0.717) is 6.61 Å². The number of benzene rings is 2. The number of isothiocyanates is 1. The molecule has 5 nitrogen and oxygen atoms in total. The van der Waals surface area contributed by atoms with Crippen LogP contribution in [-0.4, -0.2) is 32.8 Å². The molecule has 3 aromatic rings. The van der Waals surface area contributed by atoms with Crippen LogP contribution in [0.25, 0.3) is 11.0 Å². The van der Waals surface area contributed by atoms with Crippen LogP contribution in [0.2, 0.25) is 0 Å². The smallest absolute Gasteiger partial charge is 0.119 e. The zero-order chi connectivity index (χ0) is 20.1. The van der Waals surface area contributed by atoms with Gasteiger partial charge in [0.15, 0.2) is 0 Å². The van der Waals surface area contributed by atoms with E-state index in [1.165, 1.54) is 5.56 Å². The van der Waals surface area contributed by atoms with Crippen molar-refractivity contribution in [1.29, 1.82) is 0 Å². The fourth-order valence-corrected chi connectivity index (χ4v) is 3.77. The summed E-state index contributed by atoms with van der Waals surface area (Å²) in [6.07, 6.45) is 2.05. The van der Waals surface area contributed by atoms with Gasteiger partial charge >= 0.3 is 0 Å². The average Bonchev–Trinajstić information content (AvgIpc) is 3.12. The third-order valence-electron chi connectivity index (χ3n) is 5.15. The molecule has 6 heteroatoms. The maximum absolute atomic E-state index is 5.56. The summed E-state index contributed by atoms with van der Waals surface area (Å²) in [6.45, 7) is 10.2. The molecule has 0 aliphatic carbocycles. The van der Waals surface area contributed by atoms with E-state index in [2.05, 4.69) is 57.5 Å². The highest BCUT2D eigenvalue weighted by Gasteiger charge is 2.22. The highest BCUT2D eigenvalue weighted by molar-refractivity contribution is 7.78. The predicted molar refractivity (Wildman–Crippen MR) is 118 cm³/mol. The Morgan fingerprint density at radius 1 is 1.18 bits per heavy atom. The van der Waals surface area contributed by atoms with Crippen LogP contribution < -0.4 is 4.74 Å². The lowest BCUT2D eigenvalue weighted by molar-refractivity contribution is 0.117. The molecule has 2 aromatic carbocycles. The van der Waals surface area contributed by atoms with Gasteiger partial charge in [0.2, 0.25) is 0 Å². The first kappa shape index (κ1) is 20.2. The van der Waals surface area contributed by atoms with Crippen molar-refractivity contribution in [3.8, 4) is 5.75 Å². The second-order valence-corrected chi connectivity index (χ2v) is 6.85. The quantitative estimate of drug-likeness (QED) is 0.359. The molecule has 146 valence electrons. The normalized spacial score (nSPS) is 13.3. The SMILES string of the molecule is CCOc1ccc(C(C)N(CC)C(C)n2cnc3cc(N=C=S)ccc32)cc1. The van der Waals surface area contributed by atoms with Gasteiger partial charge in [-0.15, -0.1) is 0 Å². The minimum Gasteiger partial charge on any atom is -0.494 e. The van der Waals surface area contributed by atoms with E-state index in [0.717, 1.165) is 29.0 Å². The lowest BCUT2D eigenvalue weighted by atomic mass is 10.1. The van der Waals surface area contributed by atoms with Gasteiger partial charge in [0.05, 0.1) is 41.0 Å². The van der Waals surface area contributed by atoms with Crippen molar-refractivity contribution in [2.75, 3.05) is 13.2 Å². The molecule has 0 spiro atoms. The van der Waals surface area contributed by atoms with Gasteiger partial charge in [-0.25, -0.2) is 4.98 Å². The van der Waals surface area contributed by atoms with Gasteiger partial charge in [-0.3, -0.25) is 4.90 Å². The van der Waals surface area contributed by atoms with E-state index in [1.54, 1.807) is 0 Å². The number of hydrogen-bond donors (Lipinski definition) is 0. The Labute approximate surface area is 171 Å². The Kier molecular flexibility index (Phi) is 6.57. The number of thiocarbonyl (C=S) groups is 1. The molecule has 28 heavy (non-hydrogen) atoms. The summed E-state index contributed by atoms with van der Waals surface area (Å²) >= 11 is 4.69. The molecule has 0 N–H and O–H groups in total. The fraction of sp³-hybridized carbons (Fsp3) is 0.364. The van der Waals surface area contributed by atoms with Gasteiger partial charge in [-0.2, -0.15) is 4.99 Å². The minimum atomic E-state index is 0.149. The van der Waals surface area contributed by atoms with Gasteiger partial charge in [0.1, 0.15) is 5.75 Å². The molecule has 0 aliphatic heterocycles. The molecule has 0 radical (unpaired) electrons. The highest BCUT2D eigenvalue weighted by Crippen LogP contribution is 2.30. The van der Waals surface area contributed by atoms with Gasteiger partial charge in [-0.1, -0.05) is 19.1 Å². The summed E-state index contributed by atoms with van der Waals surface area (Å²) in [7, 11) is 0. The van der Waals surface area contributed by atoms with Crippen molar-refractivity contribution in [2.24, 2.45) is 4.99 Å². The molecule has 2 atom stereocenters. The van der Waals surface area contributed by atoms with E-state index in [-0.39, 0.29) is 12.2 Å². The molecule has 0 fully saturated rings. The van der Waals surface area contributed by atoms with Gasteiger partial charge in [0, 0.05) is 6.04 Å². The van der Waals surface area contributed by atoms with Gasteiger partial charge in [0.25, 0.3) is 0 Å². The molecule has 2 unspecified atom stereocenters. The molecule has 0 bridgehead atoms. The number of rotatable bonds is 8. The summed E-state index contributed by atoms with van der Waals surface area (Å²) in [6, 6.07) is 14.5. The van der Waals surface area contributed by atoms with Gasteiger partial charge < -0.3 is 9.30 Å². The van der Waals surface area contributed by atoms with Gasteiger partial charge in [-0.05, 0) is 75.4 Å². The number of hydrogen-bond acceptors (Lipinski definition) is 5. The molecule has 3 rings (SSSR count). The van der Waals surface area contributed by atoms with Crippen LogP contribution in [0.5, 0.6) is 5.75 Å². The Bertz CT molecular complexity index is 976. The molecule has 0 amide bonds. The zero-order valence-corrected chi connectivity index (χ0v) is 17.6. The molecule has 0 saturated heterocycles. The average molecular weight is 395 g/mol. The number of fused-ring (bicyclic) bond motifs is 1. The summed E-state index contributed by atoms with van der Waals surface area (Å²) in [5.41, 5.74) is 4.02. The van der Waals surface area contributed by atoms with Crippen LogP contribution in [0.3, 0.4) is 0 Å². The van der Waals surface area contributed by atoms with E-state index in [1.807, 2.05) is 43.6 Å². The van der Waals surface area contributed by atoms with Crippen LogP contribution in [0.1, 0.15) is 45.5 Å². The monoisotopic (exact) mass is 394 g/mol. The Balaban J connectivity index is 1.87.